The molecule has 1 aromatic rings. The van der Waals surface area contributed by atoms with E-state index in [9.17, 15) is 0 Å². The lowest BCUT2D eigenvalue weighted by atomic mass is 10.2. The molecule has 2 fully saturated rings. The van der Waals surface area contributed by atoms with Gasteiger partial charge in [0.15, 0.2) is 0 Å². The molecule has 1 aliphatic carbocycles. The largest absolute Gasteiger partial charge is 0.307 e. The smallest absolute Gasteiger partial charge is 0.0522 e. The second-order valence-electron chi connectivity index (χ2n) is 5.64. The molecule has 1 saturated heterocycles. The quantitative estimate of drug-likeness (QED) is 0.830. The number of likely N-dealkylation sites (tertiary alicyclic amines) is 1. The van der Waals surface area contributed by atoms with Crippen LogP contribution in [0.3, 0.4) is 0 Å². The Kier molecular flexibility index (Phi) is 3.66. The van der Waals surface area contributed by atoms with Crippen LogP contribution in [-0.2, 0) is 13.1 Å². The van der Waals surface area contributed by atoms with E-state index in [0.29, 0.717) is 6.04 Å². The summed E-state index contributed by atoms with van der Waals surface area (Å²) in [6.07, 6.45) is 7.22. The Labute approximate surface area is 109 Å². The molecule has 4 nitrogen and oxygen atoms in total. The van der Waals surface area contributed by atoms with Gasteiger partial charge in [0.25, 0.3) is 0 Å². The predicted octanol–water partition coefficient (Wildman–Crippen LogP) is 1.62. The zero-order chi connectivity index (χ0) is 12.4. The van der Waals surface area contributed by atoms with E-state index >= 15 is 0 Å². The summed E-state index contributed by atoms with van der Waals surface area (Å²) in [6.45, 7) is 6.72. The van der Waals surface area contributed by atoms with E-state index in [2.05, 4.69) is 33.0 Å². The van der Waals surface area contributed by atoms with Gasteiger partial charge in [0.2, 0.25) is 0 Å². The Balaban J connectivity index is 1.47. The second-order valence-corrected chi connectivity index (χ2v) is 5.64. The first-order valence-corrected chi connectivity index (χ1v) is 7.35. The average Bonchev–Trinajstić information content (AvgIpc) is 2.96. The van der Waals surface area contributed by atoms with Crippen molar-refractivity contribution in [3.63, 3.8) is 0 Å². The number of aromatic nitrogens is 2. The van der Waals surface area contributed by atoms with Gasteiger partial charge in [-0.1, -0.05) is 6.92 Å². The van der Waals surface area contributed by atoms with Gasteiger partial charge in [0.1, 0.15) is 0 Å². The van der Waals surface area contributed by atoms with E-state index in [1.807, 2.05) is 6.20 Å². The molecule has 1 atom stereocenters. The first kappa shape index (κ1) is 12.2. The summed E-state index contributed by atoms with van der Waals surface area (Å²) in [4.78, 5) is 2.65. The fourth-order valence-electron chi connectivity index (χ4n) is 2.90. The summed E-state index contributed by atoms with van der Waals surface area (Å²) >= 11 is 0. The summed E-state index contributed by atoms with van der Waals surface area (Å²) in [7, 11) is 0. The monoisotopic (exact) mass is 248 g/mol. The van der Waals surface area contributed by atoms with E-state index in [1.165, 1.54) is 38.0 Å². The van der Waals surface area contributed by atoms with Crippen LogP contribution in [0.25, 0.3) is 0 Å². The molecule has 3 rings (SSSR count). The third kappa shape index (κ3) is 2.75. The van der Waals surface area contributed by atoms with Gasteiger partial charge in [-0.2, -0.15) is 5.10 Å². The third-order valence-electron chi connectivity index (χ3n) is 4.09. The summed E-state index contributed by atoms with van der Waals surface area (Å²) < 4.78 is 2.13. The fourth-order valence-corrected chi connectivity index (χ4v) is 2.90. The van der Waals surface area contributed by atoms with Gasteiger partial charge >= 0.3 is 0 Å². The van der Waals surface area contributed by atoms with Gasteiger partial charge in [-0.15, -0.1) is 0 Å². The highest BCUT2D eigenvalue weighted by atomic mass is 15.3. The van der Waals surface area contributed by atoms with Crippen molar-refractivity contribution < 1.29 is 0 Å². The summed E-state index contributed by atoms with van der Waals surface area (Å²) in [5, 5.41) is 8.06. The van der Waals surface area contributed by atoms with Crippen LogP contribution in [0.15, 0.2) is 12.3 Å². The van der Waals surface area contributed by atoms with Crippen LogP contribution in [-0.4, -0.2) is 39.9 Å². The van der Waals surface area contributed by atoms with Crippen molar-refractivity contribution in [3.05, 3.63) is 18.0 Å². The molecule has 1 saturated carbocycles. The van der Waals surface area contributed by atoms with Crippen LogP contribution in [0.4, 0.5) is 0 Å². The zero-order valence-electron chi connectivity index (χ0n) is 11.3. The van der Waals surface area contributed by atoms with Crippen molar-refractivity contribution in [1.82, 2.24) is 20.0 Å². The molecule has 4 heteroatoms. The number of hydrogen-bond acceptors (Lipinski definition) is 3. The van der Waals surface area contributed by atoms with E-state index in [0.717, 1.165) is 25.6 Å². The van der Waals surface area contributed by atoms with E-state index in [-0.39, 0.29) is 0 Å². The fraction of sp³-hybridized carbons (Fsp3) is 0.786. The molecule has 1 aliphatic heterocycles. The molecule has 1 N–H and O–H groups in total. The van der Waals surface area contributed by atoms with Crippen LogP contribution < -0.4 is 5.32 Å². The normalized spacial score (nSPS) is 24.8. The molecule has 0 bridgehead atoms. The Bertz CT molecular complexity index is 383. The first-order valence-electron chi connectivity index (χ1n) is 7.35. The molecule has 18 heavy (non-hydrogen) atoms. The van der Waals surface area contributed by atoms with Gasteiger partial charge in [-0.05, 0) is 31.7 Å². The van der Waals surface area contributed by atoms with Crippen LogP contribution in [0.5, 0.6) is 0 Å². The molecule has 2 heterocycles. The van der Waals surface area contributed by atoms with Crippen LogP contribution >= 0.6 is 0 Å². The maximum Gasteiger partial charge on any atom is 0.0522 e. The first-order chi connectivity index (χ1) is 8.86. The Morgan fingerprint density at radius 2 is 2.28 bits per heavy atom. The minimum absolute atomic E-state index is 0.676. The molecule has 100 valence electrons. The molecule has 2 aliphatic rings. The maximum absolute atomic E-state index is 4.37. The lowest BCUT2D eigenvalue weighted by Crippen LogP contribution is -2.33. The average molecular weight is 248 g/mol. The van der Waals surface area contributed by atoms with Gasteiger partial charge in [-0.25, -0.2) is 0 Å². The van der Waals surface area contributed by atoms with E-state index in [4.69, 9.17) is 0 Å². The van der Waals surface area contributed by atoms with Gasteiger partial charge < -0.3 is 5.32 Å². The van der Waals surface area contributed by atoms with Crippen molar-refractivity contribution in [2.24, 2.45) is 0 Å². The van der Waals surface area contributed by atoms with Crippen LogP contribution in [0.2, 0.25) is 0 Å². The van der Waals surface area contributed by atoms with Crippen LogP contribution in [0.1, 0.15) is 38.3 Å². The second kappa shape index (κ2) is 5.41. The van der Waals surface area contributed by atoms with Crippen molar-refractivity contribution in [3.8, 4) is 0 Å². The molecular formula is C14H24N4. The number of nitrogens with zero attached hydrogens (tertiary/aromatic N) is 3. The summed E-state index contributed by atoms with van der Waals surface area (Å²) in [5.41, 5.74) is 1.32. The highest BCUT2D eigenvalue weighted by Crippen LogP contribution is 2.29. The molecular weight excluding hydrogens is 224 g/mol. The Morgan fingerprint density at radius 1 is 1.39 bits per heavy atom. The topological polar surface area (TPSA) is 33.1 Å². The van der Waals surface area contributed by atoms with Crippen molar-refractivity contribution >= 4 is 0 Å². The zero-order valence-corrected chi connectivity index (χ0v) is 11.3. The van der Waals surface area contributed by atoms with Crippen molar-refractivity contribution in [1.29, 1.82) is 0 Å². The number of rotatable bonds is 6. The SMILES string of the molecule is CCCn1nccc1CNC1CCN(C2CC2)C1. The lowest BCUT2D eigenvalue weighted by Gasteiger charge is -2.16. The predicted molar refractivity (Wildman–Crippen MR) is 72.4 cm³/mol. The van der Waals surface area contributed by atoms with Gasteiger partial charge in [0.05, 0.1) is 5.69 Å². The van der Waals surface area contributed by atoms with E-state index < -0.39 is 0 Å². The Morgan fingerprint density at radius 3 is 3.06 bits per heavy atom. The molecule has 1 aromatic heterocycles. The summed E-state index contributed by atoms with van der Waals surface area (Å²) in [5.74, 6) is 0. The third-order valence-corrected chi connectivity index (χ3v) is 4.09. The highest BCUT2D eigenvalue weighted by molar-refractivity contribution is 5.01. The molecule has 1 unspecified atom stereocenters. The standard InChI is InChI=1S/C14H24N4/c1-2-8-18-14(5-7-16-18)10-15-12-6-9-17(11-12)13-3-4-13/h5,7,12-13,15H,2-4,6,8-11H2,1H3. The summed E-state index contributed by atoms with van der Waals surface area (Å²) in [6, 6.07) is 3.73. The van der Waals surface area contributed by atoms with Crippen molar-refractivity contribution in [2.75, 3.05) is 13.1 Å². The highest BCUT2D eigenvalue weighted by Gasteiger charge is 2.34. The minimum Gasteiger partial charge on any atom is -0.307 e. The van der Waals surface area contributed by atoms with Gasteiger partial charge in [-0.3, -0.25) is 9.58 Å². The number of aryl methyl sites for hydroxylation is 1. The maximum atomic E-state index is 4.37. The lowest BCUT2D eigenvalue weighted by molar-refractivity contribution is 0.317. The molecule has 0 aromatic carbocycles. The van der Waals surface area contributed by atoms with Crippen molar-refractivity contribution in [2.45, 2.75) is 57.8 Å². The number of nitrogens with one attached hydrogen (secondary N) is 1. The van der Waals surface area contributed by atoms with Gasteiger partial charge in [0, 0.05) is 44.5 Å². The molecule has 0 spiro atoms. The van der Waals surface area contributed by atoms with Crippen LogP contribution in [0, 0.1) is 0 Å². The number of hydrogen-bond donors (Lipinski definition) is 1. The molecule has 0 amide bonds. The Hall–Kier alpha value is -0.870. The molecule has 0 radical (unpaired) electrons. The minimum atomic E-state index is 0.676. The van der Waals surface area contributed by atoms with E-state index in [1.54, 1.807) is 0 Å².